The molecule has 3 rings (SSSR count). The zero-order chi connectivity index (χ0) is 20.7. The molecule has 29 heavy (non-hydrogen) atoms. The Labute approximate surface area is 172 Å². The van der Waals surface area contributed by atoms with Gasteiger partial charge in [0.2, 0.25) is 0 Å². The number of alkyl halides is 3. The lowest BCUT2D eigenvalue weighted by molar-refractivity contribution is -0.137. The number of benzene rings is 1. The third-order valence-electron chi connectivity index (χ3n) is 6.09. The predicted octanol–water partition coefficient (Wildman–Crippen LogP) is 5.99. The van der Waals surface area contributed by atoms with E-state index in [1.807, 2.05) is 6.92 Å². The maximum atomic E-state index is 13.3. The molecule has 3 nitrogen and oxygen atoms in total. The van der Waals surface area contributed by atoms with Gasteiger partial charge >= 0.3 is 6.18 Å². The first-order chi connectivity index (χ1) is 14.0. The van der Waals surface area contributed by atoms with Gasteiger partial charge in [0.1, 0.15) is 0 Å². The minimum absolute atomic E-state index is 0.316. The molecule has 2 unspecified atom stereocenters. The summed E-state index contributed by atoms with van der Waals surface area (Å²) in [6.07, 6.45) is 5.29. The Balaban J connectivity index is 1.68. The molecule has 2 aliphatic heterocycles. The standard InChI is InChI=1S/C23H34F3NO2/c1-2-18-11-12-19(23(24,25)26)17-22(18)27(13-3-7-20-9-5-15-28-20)14-4-8-21-10-6-16-29-21/h11-12,17,20-21H,2-10,13-16H2,1H3. The van der Waals surface area contributed by atoms with Gasteiger partial charge < -0.3 is 14.4 Å². The fourth-order valence-corrected chi connectivity index (χ4v) is 4.45. The second-order valence-electron chi connectivity index (χ2n) is 8.24. The molecule has 0 spiro atoms. The van der Waals surface area contributed by atoms with Crippen molar-refractivity contribution in [2.45, 2.75) is 83.1 Å². The molecule has 2 saturated heterocycles. The number of anilines is 1. The van der Waals surface area contributed by atoms with Crippen LogP contribution in [0.15, 0.2) is 18.2 Å². The Kier molecular flexibility index (Phi) is 8.25. The Hall–Kier alpha value is -1.27. The highest BCUT2D eigenvalue weighted by Crippen LogP contribution is 2.34. The van der Waals surface area contributed by atoms with Crippen molar-refractivity contribution in [3.05, 3.63) is 29.3 Å². The number of ether oxygens (including phenoxy) is 2. The van der Waals surface area contributed by atoms with Gasteiger partial charge in [-0.3, -0.25) is 0 Å². The first kappa shape index (κ1) is 22.4. The summed E-state index contributed by atoms with van der Waals surface area (Å²) in [6.45, 7) is 5.20. The normalized spacial score (nSPS) is 22.3. The number of nitrogens with zero attached hydrogens (tertiary/aromatic N) is 1. The van der Waals surface area contributed by atoms with E-state index in [1.165, 1.54) is 12.1 Å². The van der Waals surface area contributed by atoms with Gasteiger partial charge in [0, 0.05) is 32.0 Å². The zero-order valence-electron chi connectivity index (χ0n) is 17.5. The average Bonchev–Trinajstić information content (AvgIpc) is 3.39. The van der Waals surface area contributed by atoms with Crippen molar-refractivity contribution in [1.82, 2.24) is 0 Å². The SMILES string of the molecule is CCc1ccc(C(F)(F)F)cc1N(CCCC1CCCO1)CCCC1CCCO1. The fraction of sp³-hybridized carbons (Fsp3) is 0.739. The monoisotopic (exact) mass is 413 g/mol. The molecule has 0 radical (unpaired) electrons. The Morgan fingerprint density at radius 2 is 1.55 bits per heavy atom. The van der Waals surface area contributed by atoms with E-state index in [-0.39, 0.29) is 0 Å². The summed E-state index contributed by atoms with van der Waals surface area (Å²) in [4.78, 5) is 2.16. The summed E-state index contributed by atoms with van der Waals surface area (Å²) < 4.78 is 51.4. The molecule has 0 aliphatic carbocycles. The molecule has 0 bridgehead atoms. The van der Waals surface area contributed by atoms with Crippen LogP contribution in [0.25, 0.3) is 0 Å². The summed E-state index contributed by atoms with van der Waals surface area (Å²) in [5, 5.41) is 0. The van der Waals surface area contributed by atoms with Crippen LogP contribution >= 0.6 is 0 Å². The van der Waals surface area contributed by atoms with Crippen LogP contribution in [0, 0.1) is 0 Å². The highest BCUT2D eigenvalue weighted by atomic mass is 19.4. The summed E-state index contributed by atoms with van der Waals surface area (Å²) in [7, 11) is 0. The first-order valence-electron chi connectivity index (χ1n) is 11.2. The van der Waals surface area contributed by atoms with Crippen LogP contribution < -0.4 is 4.90 Å². The Morgan fingerprint density at radius 1 is 0.966 bits per heavy atom. The molecule has 6 heteroatoms. The summed E-state index contributed by atoms with van der Waals surface area (Å²) >= 11 is 0. The zero-order valence-corrected chi connectivity index (χ0v) is 17.5. The van der Waals surface area contributed by atoms with Gasteiger partial charge in [-0.2, -0.15) is 13.2 Å². The lowest BCUT2D eigenvalue weighted by Gasteiger charge is -2.29. The van der Waals surface area contributed by atoms with Crippen LogP contribution in [0.5, 0.6) is 0 Å². The lowest BCUT2D eigenvalue weighted by Crippen LogP contribution is -2.28. The molecule has 2 atom stereocenters. The second kappa shape index (κ2) is 10.7. The highest BCUT2D eigenvalue weighted by Gasteiger charge is 2.31. The quantitative estimate of drug-likeness (QED) is 0.470. The van der Waals surface area contributed by atoms with E-state index in [9.17, 15) is 13.2 Å². The van der Waals surface area contributed by atoms with E-state index in [0.717, 1.165) is 95.3 Å². The van der Waals surface area contributed by atoms with Crippen LogP contribution in [0.1, 0.15) is 69.4 Å². The van der Waals surface area contributed by atoms with Gasteiger partial charge in [0.05, 0.1) is 17.8 Å². The van der Waals surface area contributed by atoms with E-state index < -0.39 is 11.7 Å². The molecular formula is C23H34F3NO2. The van der Waals surface area contributed by atoms with E-state index in [0.29, 0.717) is 12.2 Å². The molecule has 2 heterocycles. The molecule has 164 valence electrons. The van der Waals surface area contributed by atoms with Crippen molar-refractivity contribution in [2.24, 2.45) is 0 Å². The smallest absolute Gasteiger partial charge is 0.378 e. The largest absolute Gasteiger partial charge is 0.416 e. The third-order valence-corrected chi connectivity index (χ3v) is 6.09. The molecule has 1 aromatic carbocycles. The van der Waals surface area contributed by atoms with E-state index in [2.05, 4.69) is 4.90 Å². The first-order valence-corrected chi connectivity index (χ1v) is 11.2. The van der Waals surface area contributed by atoms with Crippen LogP contribution in [-0.4, -0.2) is 38.5 Å². The van der Waals surface area contributed by atoms with Crippen LogP contribution in [0.3, 0.4) is 0 Å². The minimum Gasteiger partial charge on any atom is -0.378 e. The topological polar surface area (TPSA) is 21.7 Å². The Bertz CT molecular complexity index is 601. The van der Waals surface area contributed by atoms with Gasteiger partial charge in [0.25, 0.3) is 0 Å². The summed E-state index contributed by atoms with van der Waals surface area (Å²) in [5.41, 5.74) is 1.15. The number of hydrogen-bond acceptors (Lipinski definition) is 3. The van der Waals surface area contributed by atoms with Crippen molar-refractivity contribution < 1.29 is 22.6 Å². The minimum atomic E-state index is -4.32. The number of halogens is 3. The molecule has 2 aliphatic rings. The highest BCUT2D eigenvalue weighted by molar-refractivity contribution is 5.56. The van der Waals surface area contributed by atoms with Crippen LogP contribution in [-0.2, 0) is 22.1 Å². The number of hydrogen-bond donors (Lipinski definition) is 0. The predicted molar refractivity (Wildman–Crippen MR) is 109 cm³/mol. The maximum Gasteiger partial charge on any atom is 0.416 e. The Morgan fingerprint density at radius 3 is 2.00 bits per heavy atom. The van der Waals surface area contributed by atoms with Gasteiger partial charge in [-0.1, -0.05) is 13.0 Å². The molecular weight excluding hydrogens is 379 g/mol. The van der Waals surface area contributed by atoms with Gasteiger partial charge in [-0.15, -0.1) is 0 Å². The van der Waals surface area contributed by atoms with Crippen molar-refractivity contribution in [3.63, 3.8) is 0 Å². The number of aryl methyl sites for hydroxylation is 1. The summed E-state index contributed by atoms with van der Waals surface area (Å²) in [5.74, 6) is 0. The molecule has 0 N–H and O–H groups in total. The molecule has 0 saturated carbocycles. The lowest BCUT2D eigenvalue weighted by atomic mass is 10.0. The van der Waals surface area contributed by atoms with E-state index in [1.54, 1.807) is 6.07 Å². The van der Waals surface area contributed by atoms with Gasteiger partial charge in [0.15, 0.2) is 0 Å². The van der Waals surface area contributed by atoms with Crippen molar-refractivity contribution in [2.75, 3.05) is 31.2 Å². The van der Waals surface area contributed by atoms with E-state index >= 15 is 0 Å². The second-order valence-corrected chi connectivity index (χ2v) is 8.24. The van der Waals surface area contributed by atoms with Crippen molar-refractivity contribution >= 4 is 5.69 Å². The average molecular weight is 414 g/mol. The molecule has 0 aromatic heterocycles. The maximum absolute atomic E-state index is 13.3. The van der Waals surface area contributed by atoms with Crippen LogP contribution in [0.4, 0.5) is 18.9 Å². The number of rotatable bonds is 10. The van der Waals surface area contributed by atoms with Crippen molar-refractivity contribution in [3.8, 4) is 0 Å². The van der Waals surface area contributed by atoms with Crippen LogP contribution in [0.2, 0.25) is 0 Å². The molecule has 1 aromatic rings. The van der Waals surface area contributed by atoms with Crippen molar-refractivity contribution in [1.29, 1.82) is 0 Å². The summed E-state index contributed by atoms with van der Waals surface area (Å²) in [6, 6.07) is 4.20. The van der Waals surface area contributed by atoms with Gasteiger partial charge in [-0.05, 0) is 75.5 Å². The van der Waals surface area contributed by atoms with E-state index in [4.69, 9.17) is 9.47 Å². The van der Waals surface area contributed by atoms with Gasteiger partial charge in [-0.25, -0.2) is 0 Å². The molecule has 2 fully saturated rings. The third kappa shape index (κ3) is 6.61. The fourth-order valence-electron chi connectivity index (χ4n) is 4.45. The molecule has 0 amide bonds.